The van der Waals surface area contributed by atoms with Crippen molar-refractivity contribution in [1.29, 1.82) is 0 Å². The van der Waals surface area contributed by atoms with Crippen LogP contribution in [0.1, 0.15) is 39.5 Å². The Labute approximate surface area is 184 Å². The van der Waals surface area contributed by atoms with E-state index in [9.17, 15) is 28.8 Å². The number of amides is 2. The number of ketones is 1. The van der Waals surface area contributed by atoms with Gasteiger partial charge in [-0.2, -0.15) is 0 Å². The molecular weight excluding hydrogens is 430 g/mol. The van der Waals surface area contributed by atoms with Crippen molar-refractivity contribution in [3.8, 4) is 0 Å². The lowest BCUT2D eigenvalue weighted by molar-refractivity contribution is -0.168. The zero-order valence-corrected chi connectivity index (χ0v) is 18.5. The van der Waals surface area contributed by atoms with Crippen molar-refractivity contribution in [2.75, 3.05) is 32.0 Å². The van der Waals surface area contributed by atoms with Crippen LogP contribution in [0, 0.1) is 5.41 Å². The molecule has 0 radical (unpaired) electrons. The molecule has 1 fully saturated rings. The Kier molecular flexibility index (Phi) is 11.2. The van der Waals surface area contributed by atoms with Crippen molar-refractivity contribution in [2.24, 2.45) is 11.1 Å². The lowest BCUT2D eigenvalue weighted by Crippen LogP contribution is -2.49. The molecule has 0 unspecified atom stereocenters. The van der Waals surface area contributed by atoms with Crippen LogP contribution in [0.15, 0.2) is 0 Å². The second kappa shape index (κ2) is 13.1. The van der Waals surface area contributed by atoms with Crippen LogP contribution in [0.5, 0.6) is 0 Å². The second-order valence-corrected chi connectivity index (χ2v) is 8.70. The number of nitrogens with two attached hydrogens (primary N) is 1. The van der Waals surface area contributed by atoms with Gasteiger partial charge in [0.15, 0.2) is 11.2 Å². The summed E-state index contributed by atoms with van der Waals surface area (Å²) in [6, 6.07) is 0. The predicted octanol–water partition coefficient (Wildman–Crippen LogP) is -0.938. The molecule has 174 valence electrons. The molecule has 1 aliphatic rings. The Morgan fingerprint density at radius 1 is 1.13 bits per heavy atom. The van der Waals surface area contributed by atoms with Crippen LogP contribution in [0.2, 0.25) is 0 Å². The normalized spacial score (nSPS) is 20.9. The second-order valence-electron chi connectivity index (χ2n) is 7.55. The van der Waals surface area contributed by atoms with E-state index in [-0.39, 0.29) is 62.9 Å². The molecule has 0 saturated carbocycles. The van der Waals surface area contributed by atoms with Gasteiger partial charge >= 0.3 is 11.9 Å². The molecule has 0 bridgehead atoms. The van der Waals surface area contributed by atoms with Crippen molar-refractivity contribution in [2.45, 2.75) is 45.6 Å². The van der Waals surface area contributed by atoms with Gasteiger partial charge in [0.25, 0.3) is 5.91 Å². The third kappa shape index (κ3) is 10.4. The van der Waals surface area contributed by atoms with E-state index in [1.54, 1.807) is 13.8 Å². The van der Waals surface area contributed by atoms with Crippen molar-refractivity contribution < 1.29 is 38.2 Å². The summed E-state index contributed by atoms with van der Waals surface area (Å²) in [5, 5.41) is 4.79. The summed E-state index contributed by atoms with van der Waals surface area (Å²) in [7, 11) is 0. The first-order valence-electron chi connectivity index (χ1n) is 9.82. The van der Waals surface area contributed by atoms with Crippen LogP contribution in [0.25, 0.3) is 0 Å². The fraction of sp³-hybridized carbons (Fsp3) is 0.684. The van der Waals surface area contributed by atoms with Crippen molar-refractivity contribution >= 4 is 46.4 Å². The number of ether oxygens (including phenoxy) is 2. The Balaban J connectivity index is 2.93. The molecule has 0 aromatic rings. The highest BCUT2D eigenvalue weighted by atomic mass is 32.2. The standard InChI is InChI=1S/C19H29N3O8S/c1-19(2,11-29-15(26)10-20)17-18(28)22-6-5-13(24)21-7-8-31-16(27)9-12(23)3-4-14(25)30-17/h17H,3-11,20H2,1-2H3,(H,21,24)(H,22,28)/t17-/m0/s1. The minimum absolute atomic E-state index is 0.0120. The zero-order chi connectivity index (χ0) is 23.4. The molecule has 0 aromatic carbocycles. The number of thioether (sulfide) groups is 1. The Bertz CT molecular complexity index is 710. The molecule has 11 nitrogen and oxygen atoms in total. The monoisotopic (exact) mass is 459 g/mol. The first-order chi connectivity index (χ1) is 14.5. The van der Waals surface area contributed by atoms with E-state index >= 15 is 0 Å². The van der Waals surface area contributed by atoms with Crippen molar-refractivity contribution in [1.82, 2.24) is 10.6 Å². The van der Waals surface area contributed by atoms with Gasteiger partial charge in [-0.1, -0.05) is 25.6 Å². The third-order valence-corrected chi connectivity index (χ3v) is 5.13. The number of nitrogens with one attached hydrogen (secondary N) is 2. The first kappa shape index (κ1) is 26.6. The van der Waals surface area contributed by atoms with Crippen LogP contribution in [-0.2, 0) is 38.2 Å². The highest BCUT2D eigenvalue weighted by molar-refractivity contribution is 8.13. The number of carbonyl (C=O) groups is 6. The average Bonchev–Trinajstić information content (AvgIpc) is 2.71. The van der Waals surface area contributed by atoms with Crippen LogP contribution in [0.3, 0.4) is 0 Å². The predicted molar refractivity (Wildman–Crippen MR) is 111 cm³/mol. The van der Waals surface area contributed by atoms with Crippen molar-refractivity contribution in [3.63, 3.8) is 0 Å². The van der Waals surface area contributed by atoms with E-state index in [1.165, 1.54) is 0 Å². The number of hydrogen-bond acceptors (Lipinski definition) is 10. The van der Waals surface area contributed by atoms with Gasteiger partial charge in [-0.25, -0.2) is 0 Å². The van der Waals surface area contributed by atoms with Gasteiger partial charge in [0.1, 0.15) is 12.4 Å². The maximum Gasteiger partial charge on any atom is 0.319 e. The fourth-order valence-corrected chi connectivity index (χ4v) is 3.23. The highest BCUT2D eigenvalue weighted by Crippen LogP contribution is 2.25. The molecule has 4 N–H and O–H groups in total. The highest BCUT2D eigenvalue weighted by Gasteiger charge is 2.39. The molecule has 0 aromatic heterocycles. The maximum absolute atomic E-state index is 12.7. The summed E-state index contributed by atoms with van der Waals surface area (Å²) in [5.74, 6) is -2.62. The van der Waals surface area contributed by atoms with Crippen LogP contribution in [-0.4, -0.2) is 72.7 Å². The fourth-order valence-electron chi connectivity index (χ4n) is 2.54. The van der Waals surface area contributed by atoms with Gasteiger partial charge in [0.05, 0.1) is 19.4 Å². The molecule has 1 rings (SSSR count). The van der Waals surface area contributed by atoms with Gasteiger partial charge in [-0.05, 0) is 0 Å². The number of carbonyl (C=O) groups excluding carboxylic acids is 6. The summed E-state index contributed by atoms with van der Waals surface area (Å²) in [6.07, 6.45) is -2.22. The van der Waals surface area contributed by atoms with Gasteiger partial charge in [0, 0.05) is 37.1 Å². The quantitative estimate of drug-likeness (QED) is 0.352. The van der Waals surface area contributed by atoms with E-state index in [0.29, 0.717) is 5.75 Å². The molecule has 12 heteroatoms. The maximum atomic E-state index is 12.7. The van der Waals surface area contributed by atoms with Gasteiger partial charge in [0.2, 0.25) is 5.91 Å². The molecule has 0 aliphatic carbocycles. The summed E-state index contributed by atoms with van der Waals surface area (Å²) >= 11 is 0.926. The van der Waals surface area contributed by atoms with E-state index in [4.69, 9.17) is 15.2 Å². The molecule has 0 spiro atoms. The van der Waals surface area contributed by atoms with Crippen LogP contribution < -0.4 is 16.4 Å². The molecule has 1 aliphatic heterocycles. The van der Waals surface area contributed by atoms with E-state index in [1.807, 2.05) is 0 Å². The SMILES string of the molecule is CC(C)(COC(=O)CN)[C@H]1OC(=O)CCC(=O)CC(=O)SCCNC(=O)CCNC1=O. The number of hydrogen-bond donors (Lipinski definition) is 3. The minimum atomic E-state index is -1.35. The lowest BCUT2D eigenvalue weighted by Gasteiger charge is -2.32. The van der Waals surface area contributed by atoms with E-state index < -0.39 is 35.1 Å². The van der Waals surface area contributed by atoms with Gasteiger partial charge < -0.3 is 25.8 Å². The summed E-state index contributed by atoms with van der Waals surface area (Å²) in [4.78, 5) is 71.9. The smallest absolute Gasteiger partial charge is 0.319 e. The number of esters is 2. The Morgan fingerprint density at radius 3 is 2.52 bits per heavy atom. The van der Waals surface area contributed by atoms with E-state index in [2.05, 4.69) is 10.6 Å². The van der Waals surface area contributed by atoms with E-state index in [0.717, 1.165) is 11.8 Å². The summed E-state index contributed by atoms with van der Waals surface area (Å²) < 4.78 is 10.3. The molecule has 1 atom stereocenters. The molecule has 2 amide bonds. The van der Waals surface area contributed by atoms with Crippen LogP contribution in [0.4, 0.5) is 0 Å². The topological polar surface area (TPSA) is 171 Å². The molecule has 1 saturated heterocycles. The molecular formula is C19H29N3O8S. The summed E-state index contributed by atoms with van der Waals surface area (Å²) in [6.45, 7) is 2.75. The Hall–Kier alpha value is -2.47. The molecule has 1 heterocycles. The number of cyclic esters (lactones) is 1. The molecule has 31 heavy (non-hydrogen) atoms. The number of Topliss-reactive ketones (excluding diaryl/α,β-unsaturated/α-hetero) is 1. The van der Waals surface area contributed by atoms with Gasteiger partial charge in [-0.3, -0.25) is 28.8 Å². The number of rotatable bonds is 4. The average molecular weight is 460 g/mol. The lowest BCUT2D eigenvalue weighted by atomic mass is 9.86. The largest absolute Gasteiger partial charge is 0.464 e. The zero-order valence-electron chi connectivity index (χ0n) is 17.7. The third-order valence-electron chi connectivity index (χ3n) is 4.26. The minimum Gasteiger partial charge on any atom is -0.464 e. The Morgan fingerprint density at radius 2 is 1.84 bits per heavy atom. The first-order valence-corrected chi connectivity index (χ1v) is 10.8. The van der Waals surface area contributed by atoms with Crippen molar-refractivity contribution in [3.05, 3.63) is 0 Å². The van der Waals surface area contributed by atoms with Crippen LogP contribution >= 0.6 is 11.8 Å². The van der Waals surface area contributed by atoms with Gasteiger partial charge in [-0.15, -0.1) is 0 Å². The summed E-state index contributed by atoms with van der Waals surface area (Å²) in [5.41, 5.74) is 4.09.